The minimum Gasteiger partial charge on any atom is -0.354 e. The fourth-order valence-corrected chi connectivity index (χ4v) is 7.67. The highest BCUT2D eigenvalue weighted by Gasteiger charge is 2.44. The van der Waals surface area contributed by atoms with Crippen molar-refractivity contribution in [3.05, 3.63) is 71.1 Å². The largest absolute Gasteiger partial charge is 0.354 e. The lowest BCUT2D eigenvalue weighted by molar-refractivity contribution is -0.187. The molecule has 1 saturated carbocycles. The molecule has 2 saturated heterocycles. The van der Waals surface area contributed by atoms with Gasteiger partial charge >= 0.3 is 0 Å². The lowest BCUT2D eigenvalue weighted by Crippen LogP contribution is -2.61. The molecule has 9 nitrogen and oxygen atoms in total. The summed E-state index contributed by atoms with van der Waals surface area (Å²) in [5.41, 5.74) is -0.0747. The molecule has 1 atom stereocenters. The van der Waals surface area contributed by atoms with E-state index in [9.17, 15) is 14.4 Å². The Morgan fingerprint density at radius 1 is 0.933 bits per heavy atom. The summed E-state index contributed by atoms with van der Waals surface area (Å²) >= 11 is 1.43. The Kier molecular flexibility index (Phi) is 10.5. The van der Waals surface area contributed by atoms with Crippen LogP contribution < -0.4 is 16.0 Å². The second kappa shape index (κ2) is 14.9. The Morgan fingerprint density at radius 2 is 1.64 bits per heavy atom. The molecule has 45 heavy (non-hydrogen) atoms. The molecule has 0 radical (unpaired) electrons. The van der Waals surface area contributed by atoms with E-state index in [0.29, 0.717) is 36.6 Å². The SMILES string of the molecule is O=C(NC1(C(=O)N[C@H](Cc2ccccc2)C(=O)NCC2CCN(CC3OCCCO3)CC2)CCCC1)c1cc2ccccc2s1. The molecule has 1 aliphatic carbocycles. The highest BCUT2D eigenvalue weighted by molar-refractivity contribution is 7.20. The van der Waals surface area contributed by atoms with Crippen molar-refractivity contribution in [2.75, 3.05) is 39.4 Å². The number of carbonyl (C=O) groups excluding carboxylic acids is 3. The minimum absolute atomic E-state index is 0.143. The van der Waals surface area contributed by atoms with Crippen molar-refractivity contribution in [1.29, 1.82) is 0 Å². The van der Waals surface area contributed by atoms with Crippen molar-refractivity contribution in [2.24, 2.45) is 5.92 Å². The molecule has 3 fully saturated rings. The number of fused-ring (bicyclic) bond motifs is 1. The first-order chi connectivity index (χ1) is 22.0. The first-order valence-corrected chi connectivity index (χ1v) is 17.2. The number of carbonyl (C=O) groups is 3. The molecule has 0 spiro atoms. The molecule has 3 heterocycles. The molecule has 2 aromatic carbocycles. The first-order valence-electron chi connectivity index (χ1n) is 16.4. The fourth-order valence-electron chi connectivity index (χ4n) is 6.71. The van der Waals surface area contributed by atoms with Crippen molar-refractivity contribution in [3.8, 4) is 0 Å². The van der Waals surface area contributed by atoms with Gasteiger partial charge in [-0.1, -0.05) is 61.4 Å². The van der Waals surface area contributed by atoms with E-state index in [2.05, 4.69) is 20.9 Å². The third-order valence-corrected chi connectivity index (χ3v) is 10.5. The lowest BCUT2D eigenvalue weighted by atomic mass is 9.94. The Hall–Kier alpha value is -3.31. The maximum Gasteiger partial charge on any atom is 0.262 e. The van der Waals surface area contributed by atoms with Crippen molar-refractivity contribution in [2.45, 2.75) is 69.2 Å². The van der Waals surface area contributed by atoms with Crippen LogP contribution in [0.3, 0.4) is 0 Å². The number of amides is 3. The van der Waals surface area contributed by atoms with Gasteiger partial charge in [-0.2, -0.15) is 0 Å². The van der Waals surface area contributed by atoms with E-state index in [-0.39, 0.29) is 24.0 Å². The van der Waals surface area contributed by atoms with E-state index in [1.807, 2.05) is 60.7 Å². The zero-order valence-electron chi connectivity index (χ0n) is 25.8. The number of hydrogen-bond acceptors (Lipinski definition) is 7. The van der Waals surface area contributed by atoms with Gasteiger partial charge in [0.25, 0.3) is 5.91 Å². The number of piperidine rings is 1. The third-order valence-electron chi connectivity index (χ3n) is 9.37. The van der Waals surface area contributed by atoms with Crippen molar-refractivity contribution in [1.82, 2.24) is 20.9 Å². The first kappa shape index (κ1) is 31.7. The number of hydrogen-bond donors (Lipinski definition) is 3. The Labute approximate surface area is 269 Å². The summed E-state index contributed by atoms with van der Waals surface area (Å²) in [5.74, 6) is -0.355. The predicted octanol–water partition coefficient (Wildman–Crippen LogP) is 4.26. The van der Waals surface area contributed by atoms with Crippen LogP contribution in [0, 0.1) is 5.92 Å². The van der Waals surface area contributed by atoms with Gasteiger partial charge in [0.2, 0.25) is 11.8 Å². The zero-order chi connectivity index (χ0) is 31.1. The Morgan fingerprint density at radius 3 is 2.38 bits per heavy atom. The van der Waals surface area contributed by atoms with Crippen LogP contribution in [0.4, 0.5) is 0 Å². The smallest absolute Gasteiger partial charge is 0.262 e. The van der Waals surface area contributed by atoms with Gasteiger partial charge < -0.3 is 25.4 Å². The molecule has 10 heteroatoms. The number of nitrogens with zero attached hydrogens (tertiary/aromatic N) is 1. The zero-order valence-corrected chi connectivity index (χ0v) is 26.6. The van der Waals surface area contributed by atoms with Crippen LogP contribution in [-0.4, -0.2) is 79.9 Å². The summed E-state index contributed by atoms with van der Waals surface area (Å²) in [7, 11) is 0. The quantitative estimate of drug-likeness (QED) is 0.292. The van der Waals surface area contributed by atoms with E-state index in [1.165, 1.54) is 11.3 Å². The van der Waals surface area contributed by atoms with Gasteiger partial charge in [-0.25, -0.2) is 0 Å². The standard InChI is InChI=1S/C35H44N4O5S/c40-32(36-23-26-13-17-39(18-14-26)24-31-43-19-8-20-44-31)28(21-25-9-2-1-3-10-25)37-34(42)35(15-6-7-16-35)38-33(41)30-22-27-11-4-5-12-29(27)45-30/h1-5,9-12,22,26,28,31H,6-8,13-21,23-24H2,(H,36,40)(H,37,42)(H,38,41)/t28-/m1/s1. The highest BCUT2D eigenvalue weighted by atomic mass is 32.1. The number of rotatable bonds is 11. The topological polar surface area (TPSA) is 109 Å². The molecule has 0 bridgehead atoms. The molecular formula is C35H44N4O5S. The summed E-state index contributed by atoms with van der Waals surface area (Å²) in [5, 5.41) is 10.3. The monoisotopic (exact) mass is 632 g/mol. The molecule has 3 amide bonds. The van der Waals surface area contributed by atoms with E-state index < -0.39 is 11.6 Å². The molecule has 6 rings (SSSR count). The van der Waals surface area contributed by atoms with Crippen LogP contribution in [0.5, 0.6) is 0 Å². The molecule has 2 aliphatic heterocycles. The van der Waals surface area contributed by atoms with Crippen LogP contribution in [0.2, 0.25) is 0 Å². The molecular weight excluding hydrogens is 588 g/mol. The van der Waals surface area contributed by atoms with Gasteiger partial charge in [0, 0.05) is 24.2 Å². The summed E-state index contributed by atoms with van der Waals surface area (Å²) in [6.07, 6.45) is 5.92. The molecule has 240 valence electrons. The van der Waals surface area contributed by atoms with Crippen LogP contribution in [-0.2, 0) is 25.5 Å². The number of benzene rings is 2. The predicted molar refractivity (Wildman–Crippen MR) is 175 cm³/mol. The van der Waals surface area contributed by atoms with E-state index >= 15 is 0 Å². The summed E-state index contributed by atoms with van der Waals surface area (Å²) in [4.78, 5) is 44.0. The lowest BCUT2D eigenvalue weighted by Gasteiger charge is -2.35. The maximum absolute atomic E-state index is 14.0. The summed E-state index contributed by atoms with van der Waals surface area (Å²) in [6, 6.07) is 18.8. The van der Waals surface area contributed by atoms with Gasteiger partial charge in [-0.3, -0.25) is 19.3 Å². The maximum atomic E-state index is 14.0. The van der Waals surface area contributed by atoms with E-state index in [0.717, 1.165) is 80.6 Å². The minimum atomic E-state index is -1.04. The van der Waals surface area contributed by atoms with Crippen LogP contribution in [0.25, 0.3) is 10.1 Å². The van der Waals surface area contributed by atoms with Gasteiger partial charge in [-0.15, -0.1) is 11.3 Å². The van der Waals surface area contributed by atoms with Crippen LogP contribution in [0.15, 0.2) is 60.7 Å². The van der Waals surface area contributed by atoms with Crippen molar-refractivity contribution in [3.63, 3.8) is 0 Å². The van der Waals surface area contributed by atoms with Gasteiger partial charge in [0.15, 0.2) is 6.29 Å². The molecule has 1 aromatic heterocycles. The summed E-state index contributed by atoms with van der Waals surface area (Å²) in [6.45, 7) is 4.75. The summed E-state index contributed by atoms with van der Waals surface area (Å²) < 4.78 is 12.5. The fraction of sp³-hybridized carbons (Fsp3) is 0.514. The molecule has 3 aliphatic rings. The highest BCUT2D eigenvalue weighted by Crippen LogP contribution is 2.32. The van der Waals surface area contributed by atoms with Gasteiger partial charge in [0.1, 0.15) is 11.6 Å². The van der Waals surface area contributed by atoms with E-state index in [1.54, 1.807) is 0 Å². The van der Waals surface area contributed by atoms with Gasteiger partial charge in [-0.05, 0) is 74.2 Å². The van der Waals surface area contributed by atoms with Crippen molar-refractivity contribution >= 4 is 39.1 Å². The Balaban J connectivity index is 1.08. The van der Waals surface area contributed by atoms with Gasteiger partial charge in [0.05, 0.1) is 18.1 Å². The second-order valence-corrected chi connectivity index (χ2v) is 13.7. The number of nitrogens with one attached hydrogen (secondary N) is 3. The normalized spacial score (nSPS) is 20.1. The number of ether oxygens (including phenoxy) is 2. The molecule has 3 aromatic rings. The Bertz CT molecular complexity index is 1410. The average Bonchev–Trinajstić information content (AvgIpc) is 3.73. The molecule has 3 N–H and O–H groups in total. The average molecular weight is 633 g/mol. The number of thiophene rings is 1. The third kappa shape index (κ3) is 8.10. The van der Waals surface area contributed by atoms with E-state index in [4.69, 9.17) is 9.47 Å². The molecule has 0 unspecified atom stereocenters. The second-order valence-electron chi connectivity index (χ2n) is 12.6. The number of likely N-dealkylation sites (tertiary alicyclic amines) is 1. The van der Waals surface area contributed by atoms with Crippen LogP contribution in [0.1, 0.15) is 60.2 Å². The van der Waals surface area contributed by atoms with Crippen LogP contribution >= 0.6 is 11.3 Å². The van der Waals surface area contributed by atoms with Crippen molar-refractivity contribution < 1.29 is 23.9 Å².